The van der Waals surface area contributed by atoms with Gasteiger partial charge in [-0.3, -0.25) is 9.36 Å². The zero-order chi connectivity index (χ0) is 18.0. The standard InChI is InChI=1S/C20H21N3OS/c1-13-5-7-17(15(3)9-13)19(24)11-25-20-22-21-12-23(20)18-8-6-14(2)10-16(18)4/h5-10,12H,11H2,1-4H3. The second-order valence-electron chi connectivity index (χ2n) is 6.30. The van der Waals surface area contributed by atoms with Crippen LogP contribution in [0.3, 0.4) is 0 Å². The van der Waals surface area contributed by atoms with E-state index in [0.717, 1.165) is 33.1 Å². The Kier molecular flexibility index (Phi) is 5.04. The van der Waals surface area contributed by atoms with Crippen molar-refractivity contribution in [2.24, 2.45) is 0 Å². The summed E-state index contributed by atoms with van der Waals surface area (Å²) in [6, 6.07) is 12.2. The van der Waals surface area contributed by atoms with E-state index in [0.29, 0.717) is 5.75 Å². The summed E-state index contributed by atoms with van der Waals surface area (Å²) in [5.74, 6) is 0.450. The molecule has 0 fully saturated rings. The molecule has 0 saturated heterocycles. The Hall–Kier alpha value is -2.40. The van der Waals surface area contributed by atoms with E-state index < -0.39 is 0 Å². The SMILES string of the molecule is Cc1ccc(C(=O)CSc2nncn2-c2ccc(C)cc2C)c(C)c1. The molecule has 0 saturated carbocycles. The quantitative estimate of drug-likeness (QED) is 0.502. The van der Waals surface area contributed by atoms with Crippen LogP contribution < -0.4 is 0 Å². The minimum absolute atomic E-state index is 0.109. The highest BCUT2D eigenvalue weighted by Gasteiger charge is 2.14. The summed E-state index contributed by atoms with van der Waals surface area (Å²) < 4.78 is 1.94. The van der Waals surface area contributed by atoms with Gasteiger partial charge >= 0.3 is 0 Å². The van der Waals surface area contributed by atoms with E-state index in [1.165, 1.54) is 17.3 Å². The van der Waals surface area contributed by atoms with Crippen molar-refractivity contribution >= 4 is 17.5 Å². The number of benzene rings is 2. The normalized spacial score (nSPS) is 10.9. The lowest BCUT2D eigenvalue weighted by Crippen LogP contribution is -2.06. The third kappa shape index (κ3) is 3.82. The van der Waals surface area contributed by atoms with Gasteiger partial charge in [0.25, 0.3) is 0 Å². The van der Waals surface area contributed by atoms with E-state index in [1.54, 1.807) is 6.33 Å². The number of Topliss-reactive ketones (excluding diaryl/α,β-unsaturated/α-hetero) is 1. The number of aromatic nitrogens is 3. The van der Waals surface area contributed by atoms with Crippen molar-refractivity contribution in [3.63, 3.8) is 0 Å². The number of aryl methyl sites for hydroxylation is 4. The maximum absolute atomic E-state index is 12.6. The number of thioether (sulfide) groups is 1. The molecule has 0 bridgehead atoms. The molecule has 3 rings (SSSR count). The second-order valence-corrected chi connectivity index (χ2v) is 7.25. The fourth-order valence-corrected chi connectivity index (χ4v) is 3.70. The van der Waals surface area contributed by atoms with Crippen LogP contribution in [0.4, 0.5) is 0 Å². The number of carbonyl (C=O) groups excluding carboxylic acids is 1. The Morgan fingerprint density at radius 3 is 2.36 bits per heavy atom. The fourth-order valence-electron chi connectivity index (χ4n) is 2.90. The van der Waals surface area contributed by atoms with Crippen LogP contribution in [-0.2, 0) is 0 Å². The zero-order valence-electron chi connectivity index (χ0n) is 14.9. The number of hydrogen-bond donors (Lipinski definition) is 0. The van der Waals surface area contributed by atoms with Crippen LogP contribution in [-0.4, -0.2) is 26.3 Å². The predicted molar refractivity (Wildman–Crippen MR) is 102 cm³/mol. The smallest absolute Gasteiger partial charge is 0.196 e. The molecule has 4 nitrogen and oxygen atoms in total. The van der Waals surface area contributed by atoms with E-state index >= 15 is 0 Å². The molecular formula is C20H21N3OS. The molecule has 1 heterocycles. The number of hydrogen-bond acceptors (Lipinski definition) is 4. The van der Waals surface area contributed by atoms with Crippen LogP contribution >= 0.6 is 11.8 Å². The lowest BCUT2D eigenvalue weighted by Gasteiger charge is -2.10. The van der Waals surface area contributed by atoms with E-state index in [1.807, 2.05) is 36.6 Å². The maximum atomic E-state index is 12.6. The van der Waals surface area contributed by atoms with Gasteiger partial charge in [0.1, 0.15) is 6.33 Å². The molecule has 0 radical (unpaired) electrons. The molecule has 0 amide bonds. The Balaban J connectivity index is 1.79. The van der Waals surface area contributed by atoms with Crippen LogP contribution in [0.25, 0.3) is 5.69 Å². The summed E-state index contributed by atoms with van der Waals surface area (Å²) in [5.41, 5.74) is 6.36. The highest BCUT2D eigenvalue weighted by atomic mass is 32.2. The number of rotatable bonds is 5. The molecular weight excluding hydrogens is 330 g/mol. The fraction of sp³-hybridized carbons (Fsp3) is 0.250. The lowest BCUT2D eigenvalue weighted by atomic mass is 10.0. The largest absolute Gasteiger partial charge is 0.293 e. The van der Waals surface area contributed by atoms with Gasteiger partial charge in [-0.05, 0) is 44.9 Å². The van der Waals surface area contributed by atoms with Crippen molar-refractivity contribution in [1.82, 2.24) is 14.8 Å². The molecule has 128 valence electrons. The van der Waals surface area contributed by atoms with Crippen molar-refractivity contribution in [1.29, 1.82) is 0 Å². The van der Waals surface area contributed by atoms with E-state index in [2.05, 4.69) is 42.2 Å². The van der Waals surface area contributed by atoms with Crippen LogP contribution in [0.5, 0.6) is 0 Å². The van der Waals surface area contributed by atoms with E-state index in [4.69, 9.17) is 0 Å². The molecule has 0 N–H and O–H groups in total. The molecule has 0 spiro atoms. The molecule has 1 aromatic heterocycles. The average molecular weight is 351 g/mol. The van der Waals surface area contributed by atoms with Gasteiger partial charge in [-0.25, -0.2) is 0 Å². The number of nitrogens with zero attached hydrogens (tertiary/aromatic N) is 3. The molecule has 0 atom stereocenters. The molecule has 5 heteroatoms. The van der Waals surface area contributed by atoms with Crippen LogP contribution in [0.15, 0.2) is 47.9 Å². The first kappa shape index (κ1) is 17.4. The van der Waals surface area contributed by atoms with Crippen LogP contribution in [0.1, 0.15) is 32.6 Å². The lowest BCUT2D eigenvalue weighted by molar-refractivity contribution is 0.102. The number of ketones is 1. The second kappa shape index (κ2) is 7.23. The molecule has 3 aromatic rings. The topological polar surface area (TPSA) is 47.8 Å². The Bertz CT molecular complexity index is 930. The zero-order valence-corrected chi connectivity index (χ0v) is 15.7. The first-order valence-electron chi connectivity index (χ1n) is 8.16. The molecule has 0 aliphatic heterocycles. The van der Waals surface area contributed by atoms with Gasteiger partial charge in [-0.15, -0.1) is 10.2 Å². The van der Waals surface area contributed by atoms with Crippen LogP contribution in [0.2, 0.25) is 0 Å². The number of carbonyl (C=O) groups is 1. The van der Waals surface area contributed by atoms with Gasteiger partial charge in [0.15, 0.2) is 10.9 Å². The van der Waals surface area contributed by atoms with E-state index in [-0.39, 0.29) is 5.78 Å². The van der Waals surface area contributed by atoms with Gasteiger partial charge in [0, 0.05) is 5.56 Å². The average Bonchev–Trinajstić information content (AvgIpc) is 3.01. The monoisotopic (exact) mass is 351 g/mol. The van der Waals surface area contributed by atoms with Crippen LogP contribution in [0, 0.1) is 27.7 Å². The summed E-state index contributed by atoms with van der Waals surface area (Å²) >= 11 is 1.42. The first-order chi connectivity index (χ1) is 12.0. The first-order valence-corrected chi connectivity index (χ1v) is 9.15. The molecule has 2 aromatic carbocycles. The van der Waals surface area contributed by atoms with Gasteiger partial charge in [-0.2, -0.15) is 0 Å². The predicted octanol–water partition coefficient (Wildman–Crippen LogP) is 4.48. The Morgan fingerprint density at radius 1 is 1.00 bits per heavy atom. The minimum Gasteiger partial charge on any atom is -0.293 e. The van der Waals surface area contributed by atoms with Crippen molar-refractivity contribution in [2.45, 2.75) is 32.9 Å². The van der Waals surface area contributed by atoms with Crippen molar-refractivity contribution < 1.29 is 4.79 Å². The highest BCUT2D eigenvalue weighted by Crippen LogP contribution is 2.24. The summed E-state index contributed by atoms with van der Waals surface area (Å²) in [6.45, 7) is 8.14. The molecule has 25 heavy (non-hydrogen) atoms. The summed E-state index contributed by atoms with van der Waals surface area (Å²) in [5, 5.41) is 8.93. The van der Waals surface area contributed by atoms with Crippen molar-refractivity contribution in [3.05, 3.63) is 70.5 Å². The van der Waals surface area contributed by atoms with E-state index in [9.17, 15) is 4.79 Å². The summed E-state index contributed by atoms with van der Waals surface area (Å²) in [6.07, 6.45) is 1.70. The molecule has 0 aliphatic rings. The Labute approximate surface area is 152 Å². The molecule has 0 aliphatic carbocycles. The van der Waals surface area contributed by atoms with Gasteiger partial charge in [0.05, 0.1) is 11.4 Å². The highest BCUT2D eigenvalue weighted by molar-refractivity contribution is 7.99. The van der Waals surface area contributed by atoms with Gasteiger partial charge < -0.3 is 0 Å². The van der Waals surface area contributed by atoms with Gasteiger partial charge in [0.2, 0.25) is 0 Å². The minimum atomic E-state index is 0.109. The summed E-state index contributed by atoms with van der Waals surface area (Å²) in [4.78, 5) is 12.6. The maximum Gasteiger partial charge on any atom is 0.196 e. The van der Waals surface area contributed by atoms with Crippen molar-refractivity contribution in [3.8, 4) is 5.69 Å². The third-order valence-electron chi connectivity index (χ3n) is 4.14. The van der Waals surface area contributed by atoms with Crippen molar-refractivity contribution in [2.75, 3.05) is 5.75 Å². The third-order valence-corrected chi connectivity index (χ3v) is 5.09. The molecule has 0 unspecified atom stereocenters. The Morgan fingerprint density at radius 2 is 1.68 bits per heavy atom. The summed E-state index contributed by atoms with van der Waals surface area (Å²) in [7, 11) is 0. The van der Waals surface area contributed by atoms with Gasteiger partial charge in [-0.1, -0.05) is 53.2 Å².